The largest absolute Gasteiger partial charge is 0.479 e. The molecule has 0 bridgehead atoms. The molecule has 19 heavy (non-hydrogen) atoms. The number of likely N-dealkylation sites (tertiary alicyclic amines) is 1. The van der Waals surface area contributed by atoms with Crippen molar-refractivity contribution in [3.8, 4) is 0 Å². The van der Waals surface area contributed by atoms with Crippen LogP contribution in [0, 0.1) is 0 Å². The normalized spacial score (nSPS) is 28.3. The molecule has 2 rings (SSSR count). The molecule has 0 aliphatic carbocycles. The second kappa shape index (κ2) is 5.77. The van der Waals surface area contributed by atoms with Gasteiger partial charge in [0.25, 0.3) is 0 Å². The van der Waals surface area contributed by atoms with Crippen LogP contribution in [0.5, 0.6) is 0 Å². The van der Waals surface area contributed by atoms with Crippen LogP contribution in [0.15, 0.2) is 0 Å². The minimum absolute atomic E-state index is 0.106. The molecule has 6 heteroatoms. The van der Waals surface area contributed by atoms with Gasteiger partial charge in [-0.05, 0) is 32.2 Å². The van der Waals surface area contributed by atoms with Crippen LogP contribution in [-0.4, -0.2) is 65.2 Å². The van der Waals surface area contributed by atoms with Gasteiger partial charge >= 0.3 is 12.0 Å². The Bertz CT molecular complexity index is 353. The summed E-state index contributed by atoms with van der Waals surface area (Å²) in [5.74, 6) is -0.867. The predicted molar refractivity (Wildman–Crippen MR) is 71.1 cm³/mol. The van der Waals surface area contributed by atoms with Gasteiger partial charge in [-0.2, -0.15) is 0 Å². The van der Waals surface area contributed by atoms with E-state index in [4.69, 9.17) is 0 Å². The van der Waals surface area contributed by atoms with E-state index in [1.807, 2.05) is 6.92 Å². The Labute approximate surface area is 113 Å². The molecule has 2 aliphatic heterocycles. The third kappa shape index (κ3) is 2.54. The Kier molecular flexibility index (Phi) is 4.29. The van der Waals surface area contributed by atoms with E-state index in [2.05, 4.69) is 5.32 Å². The minimum Gasteiger partial charge on any atom is -0.479 e. The highest BCUT2D eigenvalue weighted by Crippen LogP contribution is 2.33. The van der Waals surface area contributed by atoms with Crippen LogP contribution in [0.2, 0.25) is 0 Å². The second-order valence-corrected chi connectivity index (χ2v) is 5.32. The van der Waals surface area contributed by atoms with Crippen molar-refractivity contribution in [3.05, 3.63) is 0 Å². The molecule has 2 N–H and O–H groups in total. The number of aliphatic carboxylic acids is 1. The number of rotatable bonds is 2. The lowest BCUT2D eigenvalue weighted by Gasteiger charge is -2.37. The molecular weight excluding hydrogens is 246 g/mol. The number of carbonyl (C=O) groups is 2. The van der Waals surface area contributed by atoms with Crippen LogP contribution >= 0.6 is 0 Å². The Hall–Kier alpha value is -1.30. The van der Waals surface area contributed by atoms with E-state index in [-0.39, 0.29) is 6.03 Å². The van der Waals surface area contributed by atoms with Crippen LogP contribution in [0.4, 0.5) is 4.79 Å². The van der Waals surface area contributed by atoms with Crippen molar-refractivity contribution in [2.45, 2.75) is 38.1 Å². The van der Waals surface area contributed by atoms with Crippen molar-refractivity contribution in [2.24, 2.45) is 0 Å². The molecule has 0 spiro atoms. The average Bonchev–Trinajstić information content (AvgIpc) is 2.66. The van der Waals surface area contributed by atoms with Gasteiger partial charge in [-0.3, -0.25) is 0 Å². The number of carbonyl (C=O) groups excluding carboxylic acids is 1. The lowest BCUT2D eigenvalue weighted by molar-refractivity contribution is -0.148. The number of carboxylic acid groups (broad SMARTS) is 1. The summed E-state index contributed by atoms with van der Waals surface area (Å²) in [5, 5.41) is 12.8. The van der Waals surface area contributed by atoms with Gasteiger partial charge in [0.1, 0.15) is 5.54 Å². The number of amides is 2. The van der Waals surface area contributed by atoms with Gasteiger partial charge in [-0.25, -0.2) is 9.59 Å². The molecule has 0 aromatic heterocycles. The van der Waals surface area contributed by atoms with Crippen molar-refractivity contribution in [1.82, 2.24) is 15.1 Å². The first kappa shape index (κ1) is 14.1. The first-order chi connectivity index (χ1) is 9.12. The number of nitrogens with one attached hydrogen (secondary N) is 1. The maximum absolute atomic E-state index is 12.6. The molecule has 1 unspecified atom stereocenters. The molecule has 0 aromatic carbocycles. The Balaban J connectivity index is 2.14. The fourth-order valence-corrected chi connectivity index (χ4v) is 3.11. The van der Waals surface area contributed by atoms with Gasteiger partial charge in [0.15, 0.2) is 0 Å². The molecule has 2 heterocycles. The SMILES string of the molecule is CCC1(C(=O)O)CCCN1C(=O)N1CCCNCC1. The maximum atomic E-state index is 12.6. The fraction of sp³-hybridized carbons (Fsp3) is 0.846. The first-order valence-electron chi connectivity index (χ1n) is 7.12. The van der Waals surface area contributed by atoms with Crippen LogP contribution in [0.1, 0.15) is 32.6 Å². The van der Waals surface area contributed by atoms with Crippen LogP contribution in [0.3, 0.4) is 0 Å². The lowest BCUT2D eigenvalue weighted by Crippen LogP contribution is -2.56. The van der Waals surface area contributed by atoms with Gasteiger partial charge in [0.2, 0.25) is 0 Å². The molecule has 6 nitrogen and oxygen atoms in total. The second-order valence-electron chi connectivity index (χ2n) is 5.32. The van der Waals surface area contributed by atoms with E-state index in [0.717, 1.165) is 25.9 Å². The van der Waals surface area contributed by atoms with Crippen LogP contribution in [-0.2, 0) is 4.79 Å². The van der Waals surface area contributed by atoms with E-state index in [9.17, 15) is 14.7 Å². The lowest BCUT2D eigenvalue weighted by atomic mass is 9.93. The number of hydrogen-bond acceptors (Lipinski definition) is 3. The number of carboxylic acids is 1. The summed E-state index contributed by atoms with van der Waals surface area (Å²) in [5.41, 5.74) is -0.989. The Morgan fingerprint density at radius 2 is 2.00 bits per heavy atom. The summed E-state index contributed by atoms with van der Waals surface area (Å²) >= 11 is 0. The van der Waals surface area contributed by atoms with Crippen molar-refractivity contribution in [2.75, 3.05) is 32.7 Å². The molecule has 0 saturated carbocycles. The highest BCUT2D eigenvalue weighted by Gasteiger charge is 2.49. The molecule has 2 saturated heterocycles. The zero-order valence-electron chi connectivity index (χ0n) is 11.5. The summed E-state index contributed by atoms with van der Waals surface area (Å²) in [7, 11) is 0. The zero-order chi connectivity index (χ0) is 13.9. The molecule has 1 atom stereocenters. The third-order valence-corrected chi connectivity index (χ3v) is 4.31. The Morgan fingerprint density at radius 1 is 1.21 bits per heavy atom. The molecule has 2 amide bonds. The highest BCUT2D eigenvalue weighted by molar-refractivity contribution is 5.87. The molecule has 108 valence electrons. The Morgan fingerprint density at radius 3 is 2.68 bits per heavy atom. The first-order valence-corrected chi connectivity index (χ1v) is 7.12. The van der Waals surface area contributed by atoms with Crippen molar-refractivity contribution < 1.29 is 14.7 Å². The molecule has 0 aromatic rings. The molecular formula is C13H23N3O3. The summed E-state index contributed by atoms with van der Waals surface area (Å²) in [6.45, 7) is 5.48. The van der Waals surface area contributed by atoms with Crippen molar-refractivity contribution >= 4 is 12.0 Å². The van der Waals surface area contributed by atoms with Crippen molar-refractivity contribution in [1.29, 1.82) is 0 Å². The highest BCUT2D eigenvalue weighted by atomic mass is 16.4. The standard InChI is InChI=1S/C13H23N3O3/c1-2-13(11(17)18)5-3-9-16(13)12(19)15-8-4-6-14-7-10-15/h14H,2-10H2,1H3,(H,17,18). The van der Waals surface area contributed by atoms with E-state index in [1.54, 1.807) is 9.80 Å². The summed E-state index contributed by atoms with van der Waals surface area (Å²) < 4.78 is 0. The fourth-order valence-electron chi connectivity index (χ4n) is 3.11. The van der Waals surface area contributed by atoms with Crippen LogP contribution < -0.4 is 5.32 Å². The summed E-state index contributed by atoms with van der Waals surface area (Å²) in [6, 6.07) is -0.106. The van der Waals surface area contributed by atoms with Gasteiger partial charge in [0.05, 0.1) is 0 Å². The minimum atomic E-state index is -0.989. The zero-order valence-corrected chi connectivity index (χ0v) is 11.5. The quantitative estimate of drug-likeness (QED) is 0.775. The topological polar surface area (TPSA) is 72.9 Å². The predicted octanol–water partition coefficient (Wildman–Crippen LogP) is 0.731. The van der Waals surface area contributed by atoms with Gasteiger partial charge in [0, 0.05) is 26.2 Å². The number of urea groups is 1. The van der Waals surface area contributed by atoms with E-state index in [1.165, 1.54) is 0 Å². The molecule has 2 aliphatic rings. The van der Waals surface area contributed by atoms with Gasteiger partial charge in [-0.1, -0.05) is 6.92 Å². The van der Waals surface area contributed by atoms with E-state index < -0.39 is 11.5 Å². The summed E-state index contributed by atoms with van der Waals surface area (Å²) in [4.78, 5) is 27.6. The number of hydrogen-bond donors (Lipinski definition) is 2. The average molecular weight is 269 g/mol. The van der Waals surface area contributed by atoms with Crippen LogP contribution in [0.25, 0.3) is 0 Å². The monoisotopic (exact) mass is 269 g/mol. The molecule has 0 radical (unpaired) electrons. The van der Waals surface area contributed by atoms with E-state index in [0.29, 0.717) is 32.5 Å². The maximum Gasteiger partial charge on any atom is 0.329 e. The van der Waals surface area contributed by atoms with Gasteiger partial charge < -0.3 is 20.2 Å². The van der Waals surface area contributed by atoms with Gasteiger partial charge in [-0.15, -0.1) is 0 Å². The third-order valence-electron chi connectivity index (χ3n) is 4.31. The smallest absolute Gasteiger partial charge is 0.329 e. The van der Waals surface area contributed by atoms with Crippen molar-refractivity contribution in [3.63, 3.8) is 0 Å². The number of nitrogens with zero attached hydrogens (tertiary/aromatic N) is 2. The summed E-state index contributed by atoms with van der Waals surface area (Å²) in [6.07, 6.45) is 2.74. The van der Waals surface area contributed by atoms with E-state index >= 15 is 0 Å². The molecule has 2 fully saturated rings.